The third-order valence-electron chi connectivity index (χ3n) is 3.86. The van der Waals surface area contributed by atoms with Crippen LogP contribution < -0.4 is 10.1 Å². The molecule has 100 valence electrons. The van der Waals surface area contributed by atoms with E-state index >= 15 is 0 Å². The molecule has 18 heavy (non-hydrogen) atoms. The highest BCUT2D eigenvalue weighted by Gasteiger charge is 2.27. The minimum Gasteiger partial charge on any atom is -0.495 e. The van der Waals surface area contributed by atoms with Crippen LogP contribution in [-0.4, -0.2) is 13.2 Å². The second-order valence-electron chi connectivity index (χ2n) is 5.93. The monoisotopic (exact) mass is 267 g/mol. The van der Waals surface area contributed by atoms with Crippen LogP contribution in [0.25, 0.3) is 0 Å². The highest BCUT2D eigenvalue weighted by atomic mass is 35.5. The number of anilines is 1. The lowest BCUT2D eigenvalue weighted by atomic mass is 9.75. The number of ether oxygens (including phenoxy) is 1. The number of rotatable bonds is 3. The van der Waals surface area contributed by atoms with Gasteiger partial charge in [0.15, 0.2) is 0 Å². The summed E-state index contributed by atoms with van der Waals surface area (Å²) in [5.41, 5.74) is 1.51. The van der Waals surface area contributed by atoms with Crippen molar-refractivity contribution in [1.82, 2.24) is 0 Å². The van der Waals surface area contributed by atoms with E-state index in [2.05, 4.69) is 19.2 Å². The highest BCUT2D eigenvalue weighted by Crippen LogP contribution is 2.37. The molecule has 1 aliphatic rings. The third-order valence-corrected chi connectivity index (χ3v) is 4.10. The van der Waals surface area contributed by atoms with Gasteiger partial charge in [0, 0.05) is 11.1 Å². The Morgan fingerprint density at radius 1 is 1.28 bits per heavy atom. The van der Waals surface area contributed by atoms with Crippen molar-refractivity contribution in [2.75, 3.05) is 12.4 Å². The Morgan fingerprint density at radius 2 is 1.94 bits per heavy atom. The maximum atomic E-state index is 6.04. The van der Waals surface area contributed by atoms with Gasteiger partial charge in [-0.1, -0.05) is 25.4 Å². The van der Waals surface area contributed by atoms with Crippen molar-refractivity contribution < 1.29 is 4.74 Å². The lowest BCUT2D eigenvalue weighted by molar-refractivity contribution is 0.232. The fraction of sp³-hybridized carbons (Fsp3) is 0.600. The van der Waals surface area contributed by atoms with Crippen molar-refractivity contribution in [3.8, 4) is 5.75 Å². The number of methoxy groups -OCH3 is 1. The molecule has 0 unspecified atom stereocenters. The smallest absolute Gasteiger partial charge is 0.142 e. The first-order valence-corrected chi connectivity index (χ1v) is 6.98. The minimum absolute atomic E-state index is 0.497. The quantitative estimate of drug-likeness (QED) is 0.855. The highest BCUT2D eigenvalue weighted by molar-refractivity contribution is 6.30. The summed E-state index contributed by atoms with van der Waals surface area (Å²) >= 11 is 6.04. The third kappa shape index (κ3) is 3.32. The second kappa shape index (κ2) is 5.40. The van der Waals surface area contributed by atoms with Crippen LogP contribution in [0.5, 0.6) is 5.75 Å². The summed E-state index contributed by atoms with van der Waals surface area (Å²) in [6.07, 6.45) is 4.96. The van der Waals surface area contributed by atoms with Gasteiger partial charge in [0.25, 0.3) is 0 Å². The van der Waals surface area contributed by atoms with Gasteiger partial charge in [0.05, 0.1) is 12.8 Å². The van der Waals surface area contributed by atoms with E-state index < -0.39 is 0 Å². The van der Waals surface area contributed by atoms with Crippen LogP contribution in [0.1, 0.15) is 39.5 Å². The van der Waals surface area contributed by atoms with Gasteiger partial charge in [-0.05, 0) is 49.3 Å². The molecular weight excluding hydrogens is 246 g/mol. The Balaban J connectivity index is 2.04. The van der Waals surface area contributed by atoms with Crippen molar-refractivity contribution in [1.29, 1.82) is 0 Å². The Bertz CT molecular complexity index is 407. The molecule has 0 spiro atoms. The molecule has 2 rings (SSSR count). The predicted octanol–water partition coefficient (Wildman–Crippen LogP) is 4.73. The lowest BCUT2D eigenvalue weighted by Gasteiger charge is -2.35. The zero-order chi connectivity index (χ0) is 13.2. The standard InChI is InChI=1S/C15H22ClNO/c1-15(2)8-6-12(7-9-15)17-13-10-11(16)4-5-14(13)18-3/h4-5,10,12,17H,6-9H2,1-3H3. The molecule has 0 heterocycles. The van der Waals surface area contributed by atoms with Crippen molar-refractivity contribution in [3.05, 3.63) is 23.2 Å². The number of hydrogen-bond acceptors (Lipinski definition) is 2. The van der Waals surface area contributed by atoms with E-state index in [1.165, 1.54) is 25.7 Å². The number of benzene rings is 1. The Morgan fingerprint density at radius 3 is 2.56 bits per heavy atom. The maximum absolute atomic E-state index is 6.04. The zero-order valence-corrected chi connectivity index (χ0v) is 12.2. The number of nitrogens with one attached hydrogen (secondary N) is 1. The molecule has 1 aromatic carbocycles. The van der Waals surface area contributed by atoms with E-state index in [1.807, 2.05) is 18.2 Å². The van der Waals surface area contributed by atoms with Crippen molar-refractivity contribution in [2.45, 2.75) is 45.6 Å². The second-order valence-corrected chi connectivity index (χ2v) is 6.36. The van der Waals surface area contributed by atoms with Gasteiger partial charge in [-0.2, -0.15) is 0 Å². The van der Waals surface area contributed by atoms with Crippen LogP contribution in [0, 0.1) is 5.41 Å². The first-order valence-electron chi connectivity index (χ1n) is 6.60. The molecule has 1 saturated carbocycles. The summed E-state index contributed by atoms with van der Waals surface area (Å²) in [4.78, 5) is 0. The molecule has 0 aromatic heterocycles. The van der Waals surface area contributed by atoms with Gasteiger partial charge in [-0.15, -0.1) is 0 Å². The topological polar surface area (TPSA) is 21.3 Å². The molecule has 0 aliphatic heterocycles. The summed E-state index contributed by atoms with van der Waals surface area (Å²) in [5.74, 6) is 0.865. The zero-order valence-electron chi connectivity index (χ0n) is 11.4. The molecule has 2 nitrogen and oxygen atoms in total. The first-order chi connectivity index (χ1) is 8.50. The van der Waals surface area contributed by atoms with Crippen molar-refractivity contribution in [3.63, 3.8) is 0 Å². The molecule has 0 amide bonds. The minimum atomic E-state index is 0.497. The van der Waals surface area contributed by atoms with Crippen LogP contribution >= 0.6 is 11.6 Å². The summed E-state index contributed by atoms with van der Waals surface area (Å²) in [7, 11) is 1.69. The molecule has 1 aromatic rings. The average Bonchev–Trinajstić information content (AvgIpc) is 2.32. The summed E-state index contributed by atoms with van der Waals surface area (Å²) < 4.78 is 5.36. The van der Waals surface area contributed by atoms with E-state index in [1.54, 1.807) is 7.11 Å². The van der Waals surface area contributed by atoms with Gasteiger partial charge < -0.3 is 10.1 Å². The number of hydrogen-bond donors (Lipinski definition) is 1. The van der Waals surface area contributed by atoms with Crippen LogP contribution in [0.15, 0.2) is 18.2 Å². The first kappa shape index (κ1) is 13.5. The predicted molar refractivity (Wildman–Crippen MR) is 77.7 cm³/mol. The molecule has 1 aliphatic carbocycles. The van der Waals surface area contributed by atoms with Crippen molar-refractivity contribution in [2.24, 2.45) is 5.41 Å². The summed E-state index contributed by atoms with van der Waals surface area (Å²) in [6, 6.07) is 6.25. The van der Waals surface area contributed by atoms with Gasteiger partial charge in [0.2, 0.25) is 0 Å². The molecular formula is C15H22ClNO. The van der Waals surface area contributed by atoms with E-state index in [-0.39, 0.29) is 0 Å². The van der Waals surface area contributed by atoms with E-state index in [4.69, 9.17) is 16.3 Å². The molecule has 0 atom stereocenters. The molecule has 1 fully saturated rings. The van der Waals surface area contributed by atoms with Crippen LogP contribution in [0.3, 0.4) is 0 Å². The average molecular weight is 268 g/mol. The van der Waals surface area contributed by atoms with Crippen LogP contribution in [-0.2, 0) is 0 Å². The Kier molecular flexibility index (Phi) is 4.06. The molecule has 1 N–H and O–H groups in total. The Labute approximate surface area is 115 Å². The van der Waals surface area contributed by atoms with Crippen molar-refractivity contribution >= 4 is 17.3 Å². The largest absolute Gasteiger partial charge is 0.495 e. The van der Waals surface area contributed by atoms with E-state index in [0.717, 1.165) is 16.5 Å². The molecule has 0 bridgehead atoms. The summed E-state index contributed by atoms with van der Waals surface area (Å²) in [5, 5.41) is 4.31. The maximum Gasteiger partial charge on any atom is 0.142 e. The number of halogens is 1. The SMILES string of the molecule is COc1ccc(Cl)cc1NC1CCC(C)(C)CC1. The summed E-state index contributed by atoms with van der Waals surface area (Å²) in [6.45, 7) is 4.70. The lowest BCUT2D eigenvalue weighted by Crippen LogP contribution is -2.29. The van der Waals surface area contributed by atoms with Gasteiger partial charge in [-0.3, -0.25) is 0 Å². The van der Waals surface area contributed by atoms with Gasteiger partial charge in [-0.25, -0.2) is 0 Å². The van der Waals surface area contributed by atoms with Gasteiger partial charge in [0.1, 0.15) is 5.75 Å². The van der Waals surface area contributed by atoms with E-state index in [9.17, 15) is 0 Å². The van der Waals surface area contributed by atoms with Crippen LogP contribution in [0.4, 0.5) is 5.69 Å². The normalized spacial score (nSPS) is 19.6. The molecule has 3 heteroatoms. The molecule has 0 radical (unpaired) electrons. The van der Waals surface area contributed by atoms with E-state index in [0.29, 0.717) is 11.5 Å². The molecule has 0 saturated heterocycles. The van der Waals surface area contributed by atoms with Crippen LogP contribution in [0.2, 0.25) is 5.02 Å². The fourth-order valence-electron chi connectivity index (χ4n) is 2.56. The van der Waals surface area contributed by atoms with Gasteiger partial charge >= 0.3 is 0 Å². The Hall–Kier alpha value is -0.890. The fourth-order valence-corrected chi connectivity index (χ4v) is 2.73.